The molecular weight excluding hydrogens is 452 g/mol. The second kappa shape index (κ2) is 6.05. The number of fused-ring (bicyclic) bond motifs is 1. The molecule has 0 aliphatic carbocycles. The van der Waals surface area contributed by atoms with Gasteiger partial charge in [0.15, 0.2) is 11.4 Å². The summed E-state index contributed by atoms with van der Waals surface area (Å²) in [5.74, 6) is -1.03. The Morgan fingerprint density at radius 2 is 1.87 bits per heavy atom. The lowest BCUT2D eigenvalue weighted by molar-refractivity contribution is -0.133. The van der Waals surface area contributed by atoms with Crippen LogP contribution in [0.5, 0.6) is 0 Å². The van der Waals surface area contributed by atoms with E-state index in [-0.39, 0.29) is 16.4 Å². The molecule has 0 spiro atoms. The number of aliphatic hydroxyl groups is 1. The molecule has 1 aliphatic rings. The van der Waals surface area contributed by atoms with Crippen LogP contribution >= 0.6 is 45.8 Å². The molecule has 118 valence electrons. The molecule has 2 N–H and O–H groups in total. The highest BCUT2D eigenvalue weighted by molar-refractivity contribution is 14.1. The maximum absolute atomic E-state index is 12.4. The number of benzene rings is 2. The van der Waals surface area contributed by atoms with E-state index in [2.05, 4.69) is 27.9 Å². The molecule has 1 amide bonds. The molecule has 4 nitrogen and oxygen atoms in total. The van der Waals surface area contributed by atoms with E-state index < -0.39 is 17.9 Å². The van der Waals surface area contributed by atoms with E-state index in [9.17, 15) is 14.7 Å². The van der Waals surface area contributed by atoms with Gasteiger partial charge in [-0.3, -0.25) is 9.59 Å². The molecule has 7 heteroatoms. The van der Waals surface area contributed by atoms with Gasteiger partial charge in [-0.05, 0) is 46.9 Å². The molecule has 1 aliphatic heterocycles. The fourth-order valence-electron chi connectivity index (χ4n) is 2.57. The van der Waals surface area contributed by atoms with E-state index in [0.717, 1.165) is 3.57 Å². The normalized spacial score (nSPS) is 19.4. The zero-order valence-electron chi connectivity index (χ0n) is 11.6. The monoisotopic (exact) mass is 461 g/mol. The summed E-state index contributed by atoms with van der Waals surface area (Å²) in [4.78, 5) is 24.7. The molecular formula is C16H10Cl2INO3. The zero-order valence-corrected chi connectivity index (χ0v) is 15.2. The van der Waals surface area contributed by atoms with Crippen LogP contribution in [0.2, 0.25) is 10.0 Å². The topological polar surface area (TPSA) is 66.4 Å². The first-order valence-corrected chi connectivity index (χ1v) is 8.47. The molecule has 0 fully saturated rings. The van der Waals surface area contributed by atoms with Crippen LogP contribution in [0.25, 0.3) is 0 Å². The molecule has 1 atom stereocenters. The first-order chi connectivity index (χ1) is 10.8. The number of nitrogens with one attached hydrogen (secondary N) is 1. The van der Waals surface area contributed by atoms with Crippen molar-refractivity contribution in [3.8, 4) is 0 Å². The number of hydrogen-bond acceptors (Lipinski definition) is 3. The average Bonchev–Trinajstić information content (AvgIpc) is 2.70. The molecule has 2 aromatic carbocycles. The van der Waals surface area contributed by atoms with Gasteiger partial charge in [-0.2, -0.15) is 0 Å². The van der Waals surface area contributed by atoms with Crippen LogP contribution in [0.1, 0.15) is 22.3 Å². The third-order valence-electron chi connectivity index (χ3n) is 3.68. The van der Waals surface area contributed by atoms with Crippen molar-refractivity contribution in [1.82, 2.24) is 0 Å². The van der Waals surface area contributed by atoms with Gasteiger partial charge in [-0.25, -0.2) is 0 Å². The van der Waals surface area contributed by atoms with Crippen molar-refractivity contribution < 1.29 is 14.7 Å². The average molecular weight is 462 g/mol. The van der Waals surface area contributed by atoms with Gasteiger partial charge in [0.05, 0.1) is 17.1 Å². The minimum Gasteiger partial charge on any atom is -0.375 e. The Labute approximate surface area is 155 Å². The largest absolute Gasteiger partial charge is 0.375 e. The fraction of sp³-hybridized carbons (Fsp3) is 0.125. The fourth-order valence-corrected chi connectivity index (χ4v) is 3.58. The number of anilines is 1. The number of carbonyl (C=O) groups excluding carboxylic acids is 2. The van der Waals surface area contributed by atoms with Gasteiger partial charge in [-0.15, -0.1) is 0 Å². The molecule has 2 aromatic rings. The standard InChI is InChI=1S/C16H10Cl2INO3/c17-9-5-11(18)14-12(6-9)20-15(22)16(14,23)7-13(21)8-1-3-10(19)4-2-8/h1-6,23H,7H2,(H,20,22)/t16-/m1/s1. The van der Waals surface area contributed by atoms with Crippen molar-refractivity contribution in [1.29, 1.82) is 0 Å². The first-order valence-electron chi connectivity index (χ1n) is 6.63. The SMILES string of the molecule is O=C(C[C@]1(O)C(=O)Nc2cc(Cl)cc(Cl)c21)c1ccc(I)cc1. The summed E-state index contributed by atoms with van der Waals surface area (Å²) in [5.41, 5.74) is -1.07. The van der Waals surface area contributed by atoms with E-state index in [4.69, 9.17) is 23.2 Å². The number of hydrogen-bond donors (Lipinski definition) is 2. The highest BCUT2D eigenvalue weighted by Crippen LogP contribution is 2.44. The number of carbonyl (C=O) groups is 2. The van der Waals surface area contributed by atoms with Crippen LogP contribution in [0.15, 0.2) is 36.4 Å². The van der Waals surface area contributed by atoms with Crippen LogP contribution in [-0.4, -0.2) is 16.8 Å². The minimum atomic E-state index is -2.00. The Bertz CT molecular complexity index is 823. The highest BCUT2D eigenvalue weighted by atomic mass is 127. The van der Waals surface area contributed by atoms with Gasteiger partial charge < -0.3 is 10.4 Å². The molecule has 0 radical (unpaired) electrons. The predicted octanol–water partition coefficient (Wildman–Crippen LogP) is 4.01. The van der Waals surface area contributed by atoms with Crippen LogP contribution in [-0.2, 0) is 10.4 Å². The van der Waals surface area contributed by atoms with Crippen molar-refractivity contribution in [2.75, 3.05) is 5.32 Å². The summed E-state index contributed by atoms with van der Waals surface area (Å²) in [6, 6.07) is 9.81. The minimum absolute atomic E-state index is 0.142. The van der Waals surface area contributed by atoms with E-state index in [1.165, 1.54) is 12.1 Å². The lowest BCUT2D eigenvalue weighted by Gasteiger charge is -2.21. The van der Waals surface area contributed by atoms with Crippen LogP contribution in [0.4, 0.5) is 5.69 Å². The lowest BCUT2D eigenvalue weighted by Crippen LogP contribution is -2.36. The third-order valence-corrected chi connectivity index (χ3v) is 4.91. The summed E-state index contributed by atoms with van der Waals surface area (Å²) >= 11 is 14.2. The van der Waals surface area contributed by atoms with Crippen molar-refractivity contribution in [3.63, 3.8) is 0 Å². The second-order valence-corrected chi connectivity index (χ2v) is 7.32. The molecule has 1 heterocycles. The Kier molecular flexibility index (Phi) is 4.39. The quantitative estimate of drug-likeness (QED) is 0.536. The molecule has 0 bridgehead atoms. The molecule has 3 rings (SSSR count). The molecule has 0 unspecified atom stereocenters. The summed E-state index contributed by atoms with van der Waals surface area (Å²) < 4.78 is 0.986. The maximum atomic E-state index is 12.4. The summed E-state index contributed by atoms with van der Waals surface area (Å²) in [6.07, 6.45) is -0.395. The number of ketones is 1. The van der Waals surface area contributed by atoms with E-state index >= 15 is 0 Å². The van der Waals surface area contributed by atoms with Gasteiger partial charge in [-0.1, -0.05) is 35.3 Å². The van der Waals surface area contributed by atoms with Gasteiger partial charge in [0.25, 0.3) is 5.91 Å². The molecule has 0 saturated heterocycles. The number of amides is 1. The van der Waals surface area contributed by atoms with Crippen molar-refractivity contribution in [3.05, 3.63) is 61.1 Å². The van der Waals surface area contributed by atoms with Crippen LogP contribution in [0, 0.1) is 3.57 Å². The summed E-state index contributed by atoms with van der Waals surface area (Å²) in [5, 5.41) is 13.8. The smallest absolute Gasteiger partial charge is 0.261 e. The zero-order chi connectivity index (χ0) is 16.8. The Hall–Kier alpha value is -1.15. The van der Waals surface area contributed by atoms with Crippen LogP contribution in [0.3, 0.4) is 0 Å². The predicted molar refractivity (Wildman–Crippen MR) is 97.1 cm³/mol. The summed E-state index contributed by atoms with van der Waals surface area (Å²) in [7, 11) is 0. The lowest BCUT2D eigenvalue weighted by atomic mass is 9.88. The van der Waals surface area contributed by atoms with Gasteiger partial charge in [0.2, 0.25) is 0 Å². The van der Waals surface area contributed by atoms with Gasteiger partial charge in [0.1, 0.15) is 0 Å². The third kappa shape index (κ3) is 2.98. The Morgan fingerprint density at radius 1 is 1.22 bits per heavy atom. The molecule has 23 heavy (non-hydrogen) atoms. The number of rotatable bonds is 3. The van der Waals surface area contributed by atoms with E-state index in [1.54, 1.807) is 24.3 Å². The van der Waals surface area contributed by atoms with Crippen molar-refractivity contribution in [2.45, 2.75) is 12.0 Å². The summed E-state index contributed by atoms with van der Waals surface area (Å²) in [6.45, 7) is 0. The van der Waals surface area contributed by atoms with E-state index in [0.29, 0.717) is 16.3 Å². The van der Waals surface area contributed by atoms with E-state index in [1.807, 2.05) is 0 Å². The molecule has 0 aromatic heterocycles. The van der Waals surface area contributed by atoms with Crippen molar-refractivity contribution >= 4 is 63.2 Å². The van der Waals surface area contributed by atoms with Gasteiger partial charge >= 0.3 is 0 Å². The number of Topliss-reactive ketones (excluding diaryl/α,β-unsaturated/α-hetero) is 1. The highest BCUT2D eigenvalue weighted by Gasteiger charge is 2.48. The Morgan fingerprint density at radius 3 is 2.52 bits per heavy atom. The van der Waals surface area contributed by atoms with Gasteiger partial charge in [0, 0.05) is 19.7 Å². The Balaban J connectivity index is 1.98. The second-order valence-electron chi connectivity index (χ2n) is 5.23. The van der Waals surface area contributed by atoms with Crippen LogP contribution < -0.4 is 5.32 Å². The number of halogens is 3. The van der Waals surface area contributed by atoms with Crippen molar-refractivity contribution in [2.24, 2.45) is 0 Å². The molecule has 0 saturated carbocycles. The first kappa shape index (κ1) is 16.7. The maximum Gasteiger partial charge on any atom is 0.261 e.